The van der Waals surface area contributed by atoms with E-state index in [1.807, 2.05) is 0 Å². The van der Waals surface area contributed by atoms with Crippen molar-refractivity contribution in [2.45, 2.75) is 13.3 Å². The van der Waals surface area contributed by atoms with Gasteiger partial charge in [0.2, 0.25) is 0 Å². The van der Waals surface area contributed by atoms with E-state index in [4.69, 9.17) is 19.7 Å². The molecular weight excluding hydrogens is 474 g/mol. The average molecular weight is 505 g/mol. The Hall–Kier alpha value is -3.72. The van der Waals surface area contributed by atoms with Crippen molar-refractivity contribution in [3.8, 4) is 0 Å². The highest BCUT2D eigenvalue weighted by Gasteiger charge is 2.22. The molecule has 0 aromatic carbocycles. The van der Waals surface area contributed by atoms with Crippen molar-refractivity contribution in [2.75, 3.05) is 59.4 Å². The Bertz CT molecular complexity index is 702. The largest absolute Gasteiger partial charge is 0.480 e. The predicted octanol–water partition coefficient (Wildman–Crippen LogP) is -1.13. The van der Waals surface area contributed by atoms with Gasteiger partial charge in [-0.15, -0.1) is 0 Å². The van der Waals surface area contributed by atoms with Gasteiger partial charge >= 0.3 is 24.0 Å². The van der Waals surface area contributed by atoms with Crippen molar-refractivity contribution in [1.82, 2.24) is 15.1 Å². The molecule has 0 heterocycles. The van der Waals surface area contributed by atoms with E-state index in [1.165, 1.54) is 16.7 Å². The van der Waals surface area contributed by atoms with Gasteiger partial charge in [-0.25, -0.2) is 14.5 Å². The highest BCUT2D eigenvalue weighted by molar-refractivity contribution is 5.86. The lowest BCUT2D eigenvalue weighted by Gasteiger charge is -2.29. The first-order valence-electron chi connectivity index (χ1n) is 10.3. The standard InChI is InChI=1S/C20H31N3O12/c1-15(2)19(30)34-6-4-21-20(31)35-5-3-16(7-22(9-17(26)27)10-18(28)29)8-23(11-32-13-24)12-33-14-25/h13-14,16H,1,3-12H2,2H3,(H,21,31)(H,26,27)(H,28,29). The third-order valence-electron chi connectivity index (χ3n) is 4.11. The summed E-state index contributed by atoms with van der Waals surface area (Å²) < 4.78 is 19.2. The summed E-state index contributed by atoms with van der Waals surface area (Å²) in [6.45, 7) is 3.48. The number of ether oxygens (including phenoxy) is 4. The number of nitrogens with zero attached hydrogens (tertiary/aromatic N) is 2. The zero-order valence-electron chi connectivity index (χ0n) is 19.4. The summed E-state index contributed by atoms with van der Waals surface area (Å²) in [4.78, 5) is 68.9. The number of carboxylic acids is 2. The minimum Gasteiger partial charge on any atom is -0.480 e. The SMILES string of the molecule is C=C(C)C(=O)OCCNC(=O)OCCC(CN(COC=O)COC=O)CN(CC(=O)O)CC(=O)O. The molecule has 3 N–H and O–H groups in total. The van der Waals surface area contributed by atoms with E-state index in [0.29, 0.717) is 0 Å². The third kappa shape index (κ3) is 17.4. The van der Waals surface area contributed by atoms with E-state index in [0.717, 1.165) is 0 Å². The molecule has 0 bridgehead atoms. The molecule has 35 heavy (non-hydrogen) atoms. The number of hydrogen-bond donors (Lipinski definition) is 3. The molecule has 0 aliphatic carbocycles. The summed E-state index contributed by atoms with van der Waals surface area (Å²) in [5, 5.41) is 20.5. The van der Waals surface area contributed by atoms with Crippen molar-refractivity contribution < 1.29 is 57.9 Å². The minimum atomic E-state index is -1.24. The van der Waals surface area contributed by atoms with Gasteiger partial charge in [-0.2, -0.15) is 0 Å². The molecule has 0 aliphatic rings. The van der Waals surface area contributed by atoms with Gasteiger partial charge in [0.1, 0.15) is 20.1 Å². The van der Waals surface area contributed by atoms with Crippen LogP contribution >= 0.6 is 0 Å². The Morgan fingerprint density at radius 1 is 0.914 bits per heavy atom. The molecule has 198 valence electrons. The maximum atomic E-state index is 11.8. The lowest BCUT2D eigenvalue weighted by Crippen LogP contribution is -2.42. The number of hydrogen-bond acceptors (Lipinski definition) is 12. The second kappa shape index (κ2) is 18.7. The van der Waals surface area contributed by atoms with Crippen LogP contribution in [0.1, 0.15) is 13.3 Å². The lowest BCUT2D eigenvalue weighted by molar-refractivity contribution is -0.145. The first-order chi connectivity index (χ1) is 16.6. The van der Waals surface area contributed by atoms with Crippen LogP contribution < -0.4 is 5.32 Å². The molecule has 0 aromatic rings. The molecular formula is C20H31N3O12. The molecule has 15 nitrogen and oxygen atoms in total. The van der Waals surface area contributed by atoms with Crippen LogP contribution in [0.3, 0.4) is 0 Å². The van der Waals surface area contributed by atoms with E-state index >= 15 is 0 Å². The fraction of sp³-hybridized carbons (Fsp3) is 0.600. The van der Waals surface area contributed by atoms with Crippen molar-refractivity contribution in [1.29, 1.82) is 0 Å². The Morgan fingerprint density at radius 2 is 1.46 bits per heavy atom. The lowest BCUT2D eigenvalue weighted by atomic mass is 10.0. The molecule has 0 radical (unpaired) electrons. The number of alkyl carbamates (subject to hydrolysis) is 1. The molecule has 1 amide bonds. The van der Waals surface area contributed by atoms with Crippen LogP contribution in [0.4, 0.5) is 4.79 Å². The van der Waals surface area contributed by atoms with Crippen LogP contribution in [-0.4, -0.2) is 116 Å². The highest BCUT2D eigenvalue weighted by Crippen LogP contribution is 2.10. The van der Waals surface area contributed by atoms with Gasteiger partial charge in [0.05, 0.1) is 26.2 Å². The quantitative estimate of drug-likeness (QED) is 0.0423. The van der Waals surface area contributed by atoms with Crippen LogP contribution in [0.15, 0.2) is 12.2 Å². The van der Waals surface area contributed by atoms with Gasteiger partial charge in [0.15, 0.2) is 0 Å². The monoisotopic (exact) mass is 505 g/mol. The number of carbonyl (C=O) groups is 6. The molecule has 1 unspecified atom stereocenters. The van der Waals surface area contributed by atoms with Crippen LogP contribution in [0.5, 0.6) is 0 Å². The molecule has 0 rings (SSSR count). The predicted molar refractivity (Wildman–Crippen MR) is 116 cm³/mol. The summed E-state index contributed by atoms with van der Waals surface area (Å²) >= 11 is 0. The molecule has 0 fully saturated rings. The smallest absolute Gasteiger partial charge is 0.407 e. The number of esters is 1. The number of amides is 1. The minimum absolute atomic E-state index is 0.00781. The molecule has 0 saturated heterocycles. The second-order valence-electron chi connectivity index (χ2n) is 7.23. The fourth-order valence-electron chi connectivity index (χ4n) is 2.74. The zero-order valence-corrected chi connectivity index (χ0v) is 19.4. The van der Waals surface area contributed by atoms with Crippen LogP contribution in [0.25, 0.3) is 0 Å². The Labute approximate surface area is 201 Å². The van der Waals surface area contributed by atoms with Gasteiger partial charge in [-0.3, -0.25) is 24.1 Å². The Balaban J connectivity index is 4.98. The second-order valence-corrected chi connectivity index (χ2v) is 7.23. The Kier molecular flexibility index (Phi) is 16.7. The van der Waals surface area contributed by atoms with Gasteiger partial charge in [-0.1, -0.05) is 6.58 Å². The fourth-order valence-corrected chi connectivity index (χ4v) is 2.74. The zero-order chi connectivity index (χ0) is 26.6. The van der Waals surface area contributed by atoms with Gasteiger partial charge in [0.25, 0.3) is 12.9 Å². The van der Waals surface area contributed by atoms with Gasteiger partial charge in [0, 0.05) is 18.7 Å². The third-order valence-corrected chi connectivity index (χ3v) is 4.11. The summed E-state index contributed by atoms with van der Waals surface area (Å²) in [6.07, 6.45) is -0.638. The number of nitrogens with one attached hydrogen (secondary N) is 1. The van der Waals surface area contributed by atoms with Crippen LogP contribution in [0, 0.1) is 5.92 Å². The number of rotatable bonds is 21. The van der Waals surface area contributed by atoms with Crippen LogP contribution in [0.2, 0.25) is 0 Å². The van der Waals surface area contributed by atoms with Crippen molar-refractivity contribution >= 4 is 36.9 Å². The van der Waals surface area contributed by atoms with Crippen molar-refractivity contribution in [3.63, 3.8) is 0 Å². The summed E-state index contributed by atoms with van der Waals surface area (Å²) in [6, 6.07) is 0. The summed E-state index contributed by atoms with van der Waals surface area (Å²) in [5.41, 5.74) is 0.213. The highest BCUT2D eigenvalue weighted by atomic mass is 16.6. The Morgan fingerprint density at radius 3 is 1.94 bits per heavy atom. The number of aliphatic carboxylic acids is 2. The van der Waals surface area contributed by atoms with E-state index < -0.39 is 43.0 Å². The number of carboxylic acid groups (broad SMARTS) is 2. The summed E-state index contributed by atoms with van der Waals surface area (Å²) in [5.74, 6) is -3.56. The van der Waals surface area contributed by atoms with Crippen molar-refractivity contribution in [3.05, 3.63) is 12.2 Å². The van der Waals surface area contributed by atoms with E-state index in [1.54, 1.807) is 0 Å². The van der Waals surface area contributed by atoms with E-state index in [2.05, 4.69) is 21.4 Å². The first kappa shape index (κ1) is 31.3. The normalized spacial score (nSPS) is 11.3. The molecule has 0 aliphatic heterocycles. The molecule has 15 heteroatoms. The molecule has 0 aromatic heterocycles. The average Bonchev–Trinajstić information content (AvgIpc) is 2.77. The molecule has 0 saturated carbocycles. The maximum Gasteiger partial charge on any atom is 0.407 e. The molecule has 0 spiro atoms. The number of carbonyl (C=O) groups excluding carboxylic acids is 4. The van der Waals surface area contributed by atoms with Crippen LogP contribution in [-0.2, 0) is 42.9 Å². The topological polar surface area (TPSA) is 198 Å². The summed E-state index contributed by atoms with van der Waals surface area (Å²) in [7, 11) is 0. The van der Waals surface area contributed by atoms with Crippen molar-refractivity contribution in [2.24, 2.45) is 5.92 Å². The van der Waals surface area contributed by atoms with Gasteiger partial charge in [-0.05, 0) is 19.3 Å². The van der Waals surface area contributed by atoms with E-state index in [-0.39, 0.29) is 71.2 Å². The molecule has 1 atom stereocenters. The first-order valence-corrected chi connectivity index (χ1v) is 10.3. The maximum absolute atomic E-state index is 11.8. The van der Waals surface area contributed by atoms with E-state index in [9.17, 15) is 28.8 Å². The van der Waals surface area contributed by atoms with Gasteiger partial charge < -0.3 is 34.5 Å².